The molecule has 1 aliphatic rings. The second kappa shape index (κ2) is 13.5. The standard InChI is InChI=1S/C28H26F6O7S/c29-27(30,31)25-23(38-17-20-12-6-2-7-13-20)22(37-16-19-10-4-1-5-11-19)24(39-18-21-14-8-3-9-15-21)26(40-25)41-42(35,36)28(32,33)34/h1-15,22-26H,16-18H2/t22-,23-,24-,25-,26+/m1/s1. The fraction of sp³-hybridized carbons (Fsp3) is 0.357. The topological polar surface area (TPSA) is 80.3 Å². The molecule has 228 valence electrons. The molecular weight excluding hydrogens is 594 g/mol. The summed E-state index contributed by atoms with van der Waals surface area (Å²) in [6, 6.07) is 24.5. The van der Waals surface area contributed by atoms with E-state index in [2.05, 4.69) is 4.18 Å². The number of halogens is 6. The number of ether oxygens (including phenoxy) is 4. The summed E-state index contributed by atoms with van der Waals surface area (Å²) in [6.07, 6.45) is -16.6. The molecule has 4 rings (SSSR count). The van der Waals surface area contributed by atoms with Crippen molar-refractivity contribution < 1.29 is 57.9 Å². The predicted octanol–water partition coefficient (Wildman–Crippen LogP) is 5.90. The van der Waals surface area contributed by atoms with Crippen molar-refractivity contribution in [3.8, 4) is 0 Å². The van der Waals surface area contributed by atoms with Crippen LogP contribution in [0.15, 0.2) is 91.0 Å². The normalized spacial score (nSPS) is 23.5. The van der Waals surface area contributed by atoms with Crippen LogP contribution in [0.25, 0.3) is 0 Å². The SMILES string of the molecule is O=S(=O)(O[C@@H]1O[C@@H](C(F)(F)F)[C@H](OCc2ccccc2)[C@@H](OCc2ccccc2)[C@H]1OCc1ccccc1)C(F)(F)F. The summed E-state index contributed by atoms with van der Waals surface area (Å²) in [4.78, 5) is 0. The minimum Gasteiger partial charge on any atom is -0.368 e. The number of benzene rings is 3. The first-order valence-corrected chi connectivity index (χ1v) is 13.9. The van der Waals surface area contributed by atoms with Crippen LogP contribution in [0.1, 0.15) is 16.7 Å². The molecule has 0 aliphatic carbocycles. The summed E-state index contributed by atoms with van der Waals surface area (Å²) in [5, 5.41) is 0. The van der Waals surface area contributed by atoms with E-state index in [1.165, 1.54) is 0 Å². The van der Waals surface area contributed by atoms with Gasteiger partial charge in [-0.05, 0) is 16.7 Å². The average molecular weight is 621 g/mol. The van der Waals surface area contributed by atoms with Gasteiger partial charge < -0.3 is 18.9 Å². The van der Waals surface area contributed by atoms with Gasteiger partial charge in [0.05, 0.1) is 19.8 Å². The summed E-state index contributed by atoms with van der Waals surface area (Å²) in [6.45, 7) is -1.02. The van der Waals surface area contributed by atoms with Gasteiger partial charge in [-0.15, -0.1) is 0 Å². The van der Waals surface area contributed by atoms with Crippen molar-refractivity contribution in [2.24, 2.45) is 0 Å². The van der Waals surface area contributed by atoms with Crippen LogP contribution in [-0.2, 0) is 53.1 Å². The fourth-order valence-electron chi connectivity index (χ4n) is 4.18. The first kappa shape index (κ1) is 31.9. The van der Waals surface area contributed by atoms with E-state index in [-0.39, 0.29) is 19.8 Å². The second-order valence-corrected chi connectivity index (χ2v) is 10.8. The van der Waals surface area contributed by atoms with Crippen molar-refractivity contribution >= 4 is 10.1 Å². The van der Waals surface area contributed by atoms with Crippen LogP contribution in [0.5, 0.6) is 0 Å². The van der Waals surface area contributed by atoms with Gasteiger partial charge in [-0.25, -0.2) is 4.18 Å². The highest BCUT2D eigenvalue weighted by atomic mass is 32.2. The van der Waals surface area contributed by atoms with Gasteiger partial charge in [-0.2, -0.15) is 34.8 Å². The molecule has 0 radical (unpaired) electrons. The summed E-state index contributed by atoms with van der Waals surface area (Å²) in [5.74, 6) is 0. The molecule has 3 aromatic rings. The van der Waals surface area contributed by atoms with Crippen LogP contribution in [0.2, 0.25) is 0 Å². The van der Waals surface area contributed by atoms with Gasteiger partial charge in [-0.3, -0.25) is 0 Å². The molecule has 1 saturated heterocycles. The minimum absolute atomic E-state index is 0.314. The lowest BCUT2D eigenvalue weighted by molar-refractivity contribution is -0.358. The highest BCUT2D eigenvalue weighted by Gasteiger charge is 2.61. The van der Waals surface area contributed by atoms with E-state index in [1.54, 1.807) is 91.0 Å². The van der Waals surface area contributed by atoms with Crippen LogP contribution < -0.4 is 0 Å². The predicted molar refractivity (Wildman–Crippen MR) is 136 cm³/mol. The van der Waals surface area contributed by atoms with Gasteiger partial charge in [0.25, 0.3) is 0 Å². The van der Waals surface area contributed by atoms with E-state index in [9.17, 15) is 34.8 Å². The molecule has 0 unspecified atom stereocenters. The summed E-state index contributed by atoms with van der Waals surface area (Å²) in [7, 11) is -6.41. The Morgan fingerprint density at radius 3 is 1.36 bits per heavy atom. The molecule has 0 amide bonds. The van der Waals surface area contributed by atoms with Crippen LogP contribution in [0.3, 0.4) is 0 Å². The van der Waals surface area contributed by atoms with E-state index in [4.69, 9.17) is 18.9 Å². The minimum atomic E-state index is -6.41. The van der Waals surface area contributed by atoms with E-state index in [0.29, 0.717) is 16.7 Å². The fourth-order valence-corrected chi connectivity index (χ4v) is 4.69. The Hall–Kier alpha value is -3.01. The maximum atomic E-state index is 14.3. The van der Waals surface area contributed by atoms with Crippen molar-refractivity contribution in [3.05, 3.63) is 108 Å². The Balaban J connectivity index is 1.74. The summed E-state index contributed by atoms with van der Waals surface area (Å²) >= 11 is 0. The zero-order valence-electron chi connectivity index (χ0n) is 21.7. The molecule has 3 aromatic carbocycles. The van der Waals surface area contributed by atoms with Crippen LogP contribution in [0, 0.1) is 0 Å². The zero-order valence-corrected chi connectivity index (χ0v) is 22.5. The Bertz CT molecular complexity index is 1360. The van der Waals surface area contributed by atoms with Gasteiger partial charge in [0, 0.05) is 0 Å². The Morgan fingerprint density at radius 1 is 0.595 bits per heavy atom. The van der Waals surface area contributed by atoms with Gasteiger partial charge in [0.2, 0.25) is 6.29 Å². The van der Waals surface area contributed by atoms with Crippen molar-refractivity contribution in [2.75, 3.05) is 0 Å². The van der Waals surface area contributed by atoms with Gasteiger partial charge in [0.1, 0.15) is 18.3 Å². The van der Waals surface area contributed by atoms with E-state index >= 15 is 0 Å². The highest BCUT2D eigenvalue weighted by molar-refractivity contribution is 7.87. The largest absolute Gasteiger partial charge is 0.523 e. The lowest BCUT2D eigenvalue weighted by Crippen LogP contribution is -2.64. The zero-order chi connectivity index (χ0) is 30.4. The van der Waals surface area contributed by atoms with E-state index < -0.39 is 52.5 Å². The Labute approximate surface area is 238 Å². The number of rotatable bonds is 11. The van der Waals surface area contributed by atoms with Crippen LogP contribution in [0.4, 0.5) is 26.3 Å². The monoisotopic (exact) mass is 620 g/mol. The average Bonchev–Trinajstić information content (AvgIpc) is 2.95. The molecule has 0 bridgehead atoms. The number of alkyl halides is 6. The second-order valence-electron chi connectivity index (χ2n) is 9.25. The first-order valence-electron chi connectivity index (χ1n) is 12.5. The quantitative estimate of drug-likeness (QED) is 0.150. The molecule has 42 heavy (non-hydrogen) atoms. The third-order valence-corrected chi connectivity index (χ3v) is 7.19. The first-order chi connectivity index (χ1) is 19.8. The van der Waals surface area contributed by atoms with Gasteiger partial charge in [-0.1, -0.05) is 91.0 Å². The molecule has 7 nitrogen and oxygen atoms in total. The van der Waals surface area contributed by atoms with Crippen molar-refractivity contribution in [1.29, 1.82) is 0 Å². The molecule has 0 saturated carbocycles. The third kappa shape index (κ3) is 8.30. The number of hydrogen-bond acceptors (Lipinski definition) is 7. The van der Waals surface area contributed by atoms with Crippen LogP contribution >= 0.6 is 0 Å². The molecule has 5 atom stereocenters. The number of hydrogen-bond donors (Lipinski definition) is 0. The lowest BCUT2D eigenvalue weighted by atomic mass is 9.97. The Kier molecular flexibility index (Phi) is 10.3. The maximum Gasteiger partial charge on any atom is 0.523 e. The molecule has 0 aromatic heterocycles. The molecule has 1 heterocycles. The molecule has 0 spiro atoms. The van der Waals surface area contributed by atoms with Crippen molar-refractivity contribution in [2.45, 2.75) is 62.2 Å². The van der Waals surface area contributed by atoms with E-state index in [0.717, 1.165) is 0 Å². The highest BCUT2D eigenvalue weighted by Crippen LogP contribution is 2.40. The third-order valence-electron chi connectivity index (χ3n) is 6.18. The lowest BCUT2D eigenvalue weighted by Gasteiger charge is -2.45. The molecule has 1 fully saturated rings. The van der Waals surface area contributed by atoms with Crippen LogP contribution in [-0.4, -0.2) is 50.8 Å². The van der Waals surface area contributed by atoms with E-state index in [1.807, 2.05) is 0 Å². The molecule has 0 N–H and O–H groups in total. The smallest absolute Gasteiger partial charge is 0.368 e. The van der Waals surface area contributed by atoms with Gasteiger partial charge >= 0.3 is 21.8 Å². The van der Waals surface area contributed by atoms with Crippen molar-refractivity contribution in [1.82, 2.24) is 0 Å². The summed E-state index contributed by atoms with van der Waals surface area (Å²) < 4.78 is 133. The molecular formula is C28H26F6O7S. The molecule has 1 aliphatic heterocycles. The summed E-state index contributed by atoms with van der Waals surface area (Å²) in [5.41, 5.74) is -4.47. The molecule has 14 heteroatoms. The van der Waals surface area contributed by atoms with Crippen molar-refractivity contribution in [3.63, 3.8) is 0 Å². The maximum absolute atomic E-state index is 14.3. The van der Waals surface area contributed by atoms with Gasteiger partial charge in [0.15, 0.2) is 6.10 Å². The Morgan fingerprint density at radius 2 is 0.976 bits per heavy atom.